The molecular formula is C17H20Cl2N2O4. The first-order valence-corrected chi connectivity index (χ1v) is 9.06. The molecule has 2 fully saturated rings. The third-order valence-corrected chi connectivity index (χ3v) is 4.92. The molecule has 1 unspecified atom stereocenters. The van der Waals surface area contributed by atoms with Crippen LogP contribution in [0.4, 0.5) is 0 Å². The molecule has 2 amide bonds. The number of carbonyl (C=O) groups is 2. The van der Waals surface area contributed by atoms with E-state index in [-0.39, 0.29) is 24.5 Å². The van der Waals surface area contributed by atoms with Gasteiger partial charge in [-0.2, -0.15) is 0 Å². The van der Waals surface area contributed by atoms with Gasteiger partial charge in [0.05, 0.1) is 5.02 Å². The van der Waals surface area contributed by atoms with Crippen LogP contribution in [0.15, 0.2) is 18.2 Å². The van der Waals surface area contributed by atoms with Gasteiger partial charge >= 0.3 is 0 Å². The van der Waals surface area contributed by atoms with Gasteiger partial charge in [-0.05, 0) is 31.0 Å². The highest BCUT2D eigenvalue weighted by molar-refractivity contribution is 6.35. The number of rotatable bonds is 4. The first-order valence-electron chi connectivity index (χ1n) is 8.30. The van der Waals surface area contributed by atoms with Crippen LogP contribution in [-0.2, 0) is 14.3 Å². The van der Waals surface area contributed by atoms with Crippen LogP contribution in [0, 0.1) is 0 Å². The van der Waals surface area contributed by atoms with E-state index in [1.54, 1.807) is 28.0 Å². The number of nitrogens with zero attached hydrogens (tertiary/aromatic N) is 2. The average molecular weight is 387 g/mol. The van der Waals surface area contributed by atoms with E-state index in [0.717, 1.165) is 12.8 Å². The summed E-state index contributed by atoms with van der Waals surface area (Å²) in [5, 5.41) is 0.878. The second kappa shape index (κ2) is 8.25. The summed E-state index contributed by atoms with van der Waals surface area (Å²) in [6.45, 7) is 2.59. The Hall–Kier alpha value is -1.50. The number of benzene rings is 1. The molecule has 3 rings (SSSR count). The number of carbonyl (C=O) groups excluding carboxylic acids is 2. The van der Waals surface area contributed by atoms with E-state index in [2.05, 4.69) is 0 Å². The molecule has 0 aliphatic carbocycles. The van der Waals surface area contributed by atoms with Gasteiger partial charge in [0.25, 0.3) is 11.8 Å². The minimum atomic E-state index is -0.308. The van der Waals surface area contributed by atoms with E-state index < -0.39 is 0 Å². The molecule has 0 bridgehead atoms. The van der Waals surface area contributed by atoms with Crippen LogP contribution in [0.1, 0.15) is 12.8 Å². The van der Waals surface area contributed by atoms with Crippen LogP contribution >= 0.6 is 23.2 Å². The molecule has 0 N–H and O–H groups in total. The lowest BCUT2D eigenvalue weighted by Crippen LogP contribution is -2.53. The molecule has 1 aromatic rings. The van der Waals surface area contributed by atoms with Gasteiger partial charge in [0, 0.05) is 37.8 Å². The monoisotopic (exact) mass is 386 g/mol. The Balaban J connectivity index is 1.45. The van der Waals surface area contributed by atoms with Crippen LogP contribution in [0.3, 0.4) is 0 Å². The Morgan fingerprint density at radius 2 is 1.88 bits per heavy atom. The van der Waals surface area contributed by atoms with Crippen molar-refractivity contribution < 1.29 is 19.1 Å². The number of hydrogen-bond donors (Lipinski definition) is 0. The van der Waals surface area contributed by atoms with Crippen molar-refractivity contribution >= 4 is 35.0 Å². The largest absolute Gasteiger partial charge is 0.482 e. The molecule has 2 aliphatic rings. The van der Waals surface area contributed by atoms with Crippen molar-refractivity contribution in [1.82, 2.24) is 9.80 Å². The molecule has 0 saturated carbocycles. The Bertz CT molecular complexity index is 642. The topological polar surface area (TPSA) is 59.1 Å². The predicted octanol–water partition coefficient (Wildman–Crippen LogP) is 2.22. The van der Waals surface area contributed by atoms with Crippen molar-refractivity contribution in [1.29, 1.82) is 0 Å². The fourth-order valence-corrected chi connectivity index (χ4v) is 3.44. The summed E-state index contributed by atoms with van der Waals surface area (Å²) in [6.07, 6.45) is 1.41. The SMILES string of the molecule is O=C(COc1ccc(Cl)cc1Cl)N1CCN(C(=O)C2CCCO2)CC1. The summed E-state index contributed by atoms with van der Waals surface area (Å²) in [4.78, 5) is 28.1. The summed E-state index contributed by atoms with van der Waals surface area (Å²) in [7, 11) is 0. The van der Waals surface area contributed by atoms with Crippen molar-refractivity contribution in [2.24, 2.45) is 0 Å². The van der Waals surface area contributed by atoms with Gasteiger partial charge < -0.3 is 19.3 Å². The molecule has 0 radical (unpaired) electrons. The molecule has 1 aromatic carbocycles. The van der Waals surface area contributed by atoms with Crippen molar-refractivity contribution in [3.63, 3.8) is 0 Å². The van der Waals surface area contributed by atoms with E-state index in [1.165, 1.54) is 0 Å². The maximum absolute atomic E-state index is 12.3. The van der Waals surface area contributed by atoms with E-state index >= 15 is 0 Å². The Kier molecular flexibility index (Phi) is 6.04. The quantitative estimate of drug-likeness (QED) is 0.795. The Morgan fingerprint density at radius 3 is 2.52 bits per heavy atom. The van der Waals surface area contributed by atoms with Crippen LogP contribution in [0.25, 0.3) is 0 Å². The van der Waals surface area contributed by atoms with Crippen molar-refractivity contribution in [2.45, 2.75) is 18.9 Å². The van der Waals surface area contributed by atoms with Gasteiger partial charge in [0.2, 0.25) is 0 Å². The van der Waals surface area contributed by atoms with E-state index in [9.17, 15) is 9.59 Å². The molecule has 25 heavy (non-hydrogen) atoms. The summed E-state index contributed by atoms with van der Waals surface area (Å²) in [5.74, 6) is 0.329. The van der Waals surface area contributed by atoms with Gasteiger partial charge in [-0.1, -0.05) is 23.2 Å². The highest BCUT2D eigenvalue weighted by Crippen LogP contribution is 2.27. The van der Waals surface area contributed by atoms with Gasteiger partial charge in [0.1, 0.15) is 11.9 Å². The maximum atomic E-state index is 12.3. The molecule has 0 aromatic heterocycles. The third kappa shape index (κ3) is 4.57. The lowest BCUT2D eigenvalue weighted by Gasteiger charge is -2.35. The number of hydrogen-bond acceptors (Lipinski definition) is 4. The second-order valence-corrected chi connectivity index (χ2v) is 6.91. The molecule has 136 valence electrons. The minimum Gasteiger partial charge on any atom is -0.482 e. The van der Waals surface area contributed by atoms with E-state index in [0.29, 0.717) is 48.6 Å². The Morgan fingerprint density at radius 1 is 1.16 bits per heavy atom. The molecular weight excluding hydrogens is 367 g/mol. The summed E-state index contributed by atoms with van der Waals surface area (Å²) in [6, 6.07) is 4.86. The van der Waals surface area contributed by atoms with Gasteiger partial charge in [-0.25, -0.2) is 0 Å². The number of piperazine rings is 1. The summed E-state index contributed by atoms with van der Waals surface area (Å²) in [5.41, 5.74) is 0. The molecule has 0 spiro atoms. The maximum Gasteiger partial charge on any atom is 0.260 e. The molecule has 8 heteroatoms. The Labute approximate surface area is 156 Å². The smallest absolute Gasteiger partial charge is 0.260 e. The second-order valence-electron chi connectivity index (χ2n) is 6.07. The van der Waals surface area contributed by atoms with Crippen LogP contribution in [-0.4, -0.2) is 67.1 Å². The third-order valence-electron chi connectivity index (χ3n) is 4.39. The van der Waals surface area contributed by atoms with Gasteiger partial charge in [-0.15, -0.1) is 0 Å². The van der Waals surface area contributed by atoms with Crippen LogP contribution in [0.5, 0.6) is 5.75 Å². The fourth-order valence-electron chi connectivity index (χ4n) is 2.98. The first-order chi connectivity index (χ1) is 12.0. The van der Waals surface area contributed by atoms with Crippen LogP contribution < -0.4 is 4.74 Å². The first kappa shape index (κ1) is 18.3. The summed E-state index contributed by atoms with van der Waals surface area (Å²) < 4.78 is 10.9. The zero-order valence-electron chi connectivity index (χ0n) is 13.7. The van der Waals surface area contributed by atoms with E-state index in [4.69, 9.17) is 32.7 Å². The molecule has 2 saturated heterocycles. The highest BCUT2D eigenvalue weighted by Gasteiger charge is 2.31. The number of halogens is 2. The predicted molar refractivity (Wildman–Crippen MR) is 94.1 cm³/mol. The minimum absolute atomic E-state index is 0.0359. The standard InChI is InChI=1S/C17H20Cl2N2O4/c18-12-3-4-14(13(19)10-12)25-11-16(22)20-5-7-21(8-6-20)17(23)15-2-1-9-24-15/h3-4,10,15H,1-2,5-9,11H2. The fraction of sp³-hybridized carbons (Fsp3) is 0.529. The number of amides is 2. The molecule has 1 atom stereocenters. The van der Waals surface area contributed by atoms with Crippen molar-refractivity contribution in [3.8, 4) is 5.75 Å². The normalized spacial score (nSPS) is 20.6. The molecule has 2 aliphatic heterocycles. The average Bonchev–Trinajstić information content (AvgIpc) is 3.15. The van der Waals surface area contributed by atoms with Crippen molar-refractivity contribution in [3.05, 3.63) is 28.2 Å². The lowest BCUT2D eigenvalue weighted by molar-refractivity contribution is -0.146. The molecule has 6 nitrogen and oxygen atoms in total. The zero-order valence-corrected chi connectivity index (χ0v) is 15.3. The molecule has 2 heterocycles. The van der Waals surface area contributed by atoms with Crippen LogP contribution in [0.2, 0.25) is 10.0 Å². The summed E-state index contributed by atoms with van der Waals surface area (Å²) >= 11 is 11.9. The van der Waals surface area contributed by atoms with Gasteiger partial charge in [-0.3, -0.25) is 9.59 Å². The van der Waals surface area contributed by atoms with Crippen molar-refractivity contribution in [2.75, 3.05) is 39.4 Å². The highest BCUT2D eigenvalue weighted by atomic mass is 35.5. The van der Waals surface area contributed by atoms with Gasteiger partial charge in [0.15, 0.2) is 6.61 Å². The zero-order chi connectivity index (χ0) is 17.8. The van der Waals surface area contributed by atoms with E-state index in [1.807, 2.05) is 0 Å². The lowest BCUT2D eigenvalue weighted by atomic mass is 10.2. The number of ether oxygens (including phenoxy) is 2.